The molecule has 132 valence electrons. The van der Waals surface area contributed by atoms with Crippen LogP contribution in [0, 0.1) is 6.92 Å². The molecule has 1 unspecified atom stereocenters. The molecule has 3 aromatic carbocycles. The van der Waals surface area contributed by atoms with E-state index in [2.05, 4.69) is 17.4 Å². The van der Waals surface area contributed by atoms with Crippen LogP contribution in [-0.2, 0) is 5.60 Å². The van der Waals surface area contributed by atoms with E-state index in [0.29, 0.717) is 5.56 Å². The van der Waals surface area contributed by atoms with E-state index in [-0.39, 0.29) is 12.5 Å². The quantitative estimate of drug-likeness (QED) is 0.724. The van der Waals surface area contributed by atoms with Crippen LogP contribution >= 0.6 is 0 Å². The molecule has 3 nitrogen and oxygen atoms in total. The zero-order valence-corrected chi connectivity index (χ0v) is 15.1. The van der Waals surface area contributed by atoms with Gasteiger partial charge in [-0.05, 0) is 42.7 Å². The molecular weight excluding hydrogens is 322 g/mol. The van der Waals surface area contributed by atoms with E-state index in [1.165, 1.54) is 0 Å². The summed E-state index contributed by atoms with van der Waals surface area (Å²) in [7, 11) is 0. The van der Waals surface area contributed by atoms with Crippen molar-refractivity contribution in [1.82, 2.24) is 5.32 Å². The molecule has 3 aromatic rings. The average Bonchev–Trinajstić information content (AvgIpc) is 2.67. The summed E-state index contributed by atoms with van der Waals surface area (Å²) in [6.07, 6.45) is 0. The van der Waals surface area contributed by atoms with Crippen molar-refractivity contribution in [3.8, 4) is 11.1 Å². The van der Waals surface area contributed by atoms with Crippen LogP contribution in [0.15, 0.2) is 78.9 Å². The maximum atomic E-state index is 12.3. The van der Waals surface area contributed by atoms with Crippen LogP contribution in [0.3, 0.4) is 0 Å². The summed E-state index contributed by atoms with van der Waals surface area (Å²) in [6.45, 7) is 3.80. The Bertz CT molecular complexity index is 884. The lowest BCUT2D eigenvalue weighted by Gasteiger charge is -2.24. The minimum atomic E-state index is -1.14. The van der Waals surface area contributed by atoms with Crippen molar-refractivity contribution in [2.24, 2.45) is 0 Å². The second kappa shape index (κ2) is 7.54. The minimum Gasteiger partial charge on any atom is -0.384 e. The maximum absolute atomic E-state index is 12.3. The van der Waals surface area contributed by atoms with Gasteiger partial charge in [-0.15, -0.1) is 0 Å². The standard InChI is InChI=1S/C23H23NO2/c1-17-7-6-10-20(15-17)22(25)24-16-23(2,26)21-13-11-19(12-14-21)18-8-4-3-5-9-18/h3-15,26H,16H2,1-2H3,(H,24,25). The van der Waals surface area contributed by atoms with Gasteiger partial charge in [-0.1, -0.05) is 72.3 Å². The van der Waals surface area contributed by atoms with E-state index < -0.39 is 5.60 Å². The Morgan fingerprint density at radius 1 is 0.923 bits per heavy atom. The van der Waals surface area contributed by atoms with Crippen molar-refractivity contribution < 1.29 is 9.90 Å². The number of hydrogen-bond acceptors (Lipinski definition) is 2. The highest BCUT2D eigenvalue weighted by atomic mass is 16.3. The highest BCUT2D eigenvalue weighted by Gasteiger charge is 2.24. The molecule has 3 heteroatoms. The molecule has 0 aromatic heterocycles. The van der Waals surface area contributed by atoms with Gasteiger partial charge in [-0.2, -0.15) is 0 Å². The molecule has 0 aliphatic heterocycles. The van der Waals surface area contributed by atoms with Crippen LogP contribution in [0.1, 0.15) is 28.4 Å². The smallest absolute Gasteiger partial charge is 0.251 e. The van der Waals surface area contributed by atoms with E-state index in [1.54, 1.807) is 13.0 Å². The molecule has 26 heavy (non-hydrogen) atoms. The largest absolute Gasteiger partial charge is 0.384 e. The summed E-state index contributed by atoms with van der Waals surface area (Å²) in [6, 6.07) is 25.3. The highest BCUT2D eigenvalue weighted by molar-refractivity contribution is 5.94. The molecule has 1 amide bonds. The first-order chi connectivity index (χ1) is 12.5. The first-order valence-corrected chi connectivity index (χ1v) is 8.69. The second-order valence-corrected chi connectivity index (χ2v) is 6.77. The van der Waals surface area contributed by atoms with Gasteiger partial charge in [0.25, 0.3) is 5.91 Å². The Kier molecular flexibility index (Phi) is 5.19. The van der Waals surface area contributed by atoms with E-state index in [9.17, 15) is 9.90 Å². The Balaban J connectivity index is 1.69. The van der Waals surface area contributed by atoms with Crippen molar-refractivity contribution in [1.29, 1.82) is 0 Å². The zero-order chi connectivity index (χ0) is 18.6. The topological polar surface area (TPSA) is 49.3 Å². The lowest BCUT2D eigenvalue weighted by molar-refractivity contribution is 0.0526. The summed E-state index contributed by atoms with van der Waals surface area (Å²) < 4.78 is 0. The fourth-order valence-electron chi connectivity index (χ4n) is 2.90. The third-order valence-electron chi connectivity index (χ3n) is 4.49. The molecule has 0 bridgehead atoms. The van der Waals surface area contributed by atoms with Gasteiger partial charge in [0.05, 0.1) is 6.54 Å². The van der Waals surface area contributed by atoms with Gasteiger partial charge in [0.2, 0.25) is 0 Å². The third kappa shape index (κ3) is 4.19. The molecular formula is C23H23NO2. The Labute approximate surface area is 154 Å². The highest BCUT2D eigenvalue weighted by Crippen LogP contribution is 2.24. The van der Waals surface area contributed by atoms with E-state index >= 15 is 0 Å². The summed E-state index contributed by atoms with van der Waals surface area (Å²) in [5.74, 6) is -0.185. The van der Waals surface area contributed by atoms with Crippen LogP contribution in [-0.4, -0.2) is 17.6 Å². The van der Waals surface area contributed by atoms with Crippen LogP contribution in [0.5, 0.6) is 0 Å². The number of carbonyl (C=O) groups excluding carboxylic acids is 1. The van der Waals surface area contributed by atoms with Gasteiger partial charge in [0.1, 0.15) is 5.60 Å². The molecule has 2 N–H and O–H groups in total. The van der Waals surface area contributed by atoms with Gasteiger partial charge >= 0.3 is 0 Å². The second-order valence-electron chi connectivity index (χ2n) is 6.77. The normalized spacial score (nSPS) is 13.0. The molecule has 0 fully saturated rings. The molecule has 3 rings (SSSR count). The number of aliphatic hydroxyl groups is 1. The van der Waals surface area contributed by atoms with Crippen molar-refractivity contribution in [2.75, 3.05) is 6.54 Å². The zero-order valence-electron chi connectivity index (χ0n) is 15.1. The van der Waals surface area contributed by atoms with Gasteiger partial charge in [-0.3, -0.25) is 4.79 Å². The van der Waals surface area contributed by atoms with Gasteiger partial charge in [-0.25, -0.2) is 0 Å². The van der Waals surface area contributed by atoms with Crippen LogP contribution in [0.2, 0.25) is 0 Å². The third-order valence-corrected chi connectivity index (χ3v) is 4.49. The van der Waals surface area contributed by atoms with E-state index in [4.69, 9.17) is 0 Å². The molecule has 0 radical (unpaired) electrons. The number of benzene rings is 3. The summed E-state index contributed by atoms with van der Waals surface area (Å²) in [5.41, 5.74) is 3.47. The van der Waals surface area contributed by atoms with E-state index in [1.807, 2.05) is 67.6 Å². The Morgan fingerprint density at radius 3 is 2.23 bits per heavy atom. The number of amides is 1. The van der Waals surface area contributed by atoms with Crippen LogP contribution in [0.25, 0.3) is 11.1 Å². The first kappa shape index (κ1) is 17.9. The lowest BCUT2D eigenvalue weighted by atomic mass is 9.93. The number of rotatable bonds is 5. The first-order valence-electron chi connectivity index (χ1n) is 8.69. The molecule has 0 spiro atoms. The van der Waals surface area contributed by atoms with Crippen molar-refractivity contribution in [3.63, 3.8) is 0 Å². The predicted molar refractivity (Wildman–Crippen MR) is 105 cm³/mol. The molecule has 0 saturated heterocycles. The predicted octanol–water partition coefficient (Wildman–Crippen LogP) is 4.30. The fraction of sp³-hybridized carbons (Fsp3) is 0.174. The Hall–Kier alpha value is -2.91. The summed E-state index contributed by atoms with van der Waals surface area (Å²) in [4.78, 5) is 12.3. The number of carbonyl (C=O) groups is 1. The number of nitrogens with one attached hydrogen (secondary N) is 1. The van der Waals surface area contributed by atoms with E-state index in [0.717, 1.165) is 22.3 Å². The minimum absolute atomic E-state index is 0.143. The molecule has 0 heterocycles. The monoisotopic (exact) mass is 345 g/mol. The molecule has 0 saturated carbocycles. The Morgan fingerprint density at radius 2 is 1.58 bits per heavy atom. The average molecular weight is 345 g/mol. The molecule has 1 atom stereocenters. The lowest BCUT2D eigenvalue weighted by Crippen LogP contribution is -2.38. The van der Waals surface area contributed by atoms with Crippen molar-refractivity contribution >= 4 is 5.91 Å². The van der Waals surface area contributed by atoms with Gasteiger partial charge in [0, 0.05) is 5.56 Å². The van der Waals surface area contributed by atoms with Gasteiger partial charge in [0.15, 0.2) is 0 Å². The molecule has 0 aliphatic carbocycles. The summed E-state index contributed by atoms with van der Waals surface area (Å²) in [5, 5.41) is 13.6. The fourth-order valence-corrected chi connectivity index (χ4v) is 2.90. The summed E-state index contributed by atoms with van der Waals surface area (Å²) >= 11 is 0. The van der Waals surface area contributed by atoms with Crippen molar-refractivity contribution in [3.05, 3.63) is 95.6 Å². The maximum Gasteiger partial charge on any atom is 0.251 e. The SMILES string of the molecule is Cc1cccc(C(=O)NCC(C)(O)c2ccc(-c3ccccc3)cc2)c1. The molecule has 0 aliphatic rings. The van der Waals surface area contributed by atoms with Crippen LogP contribution in [0.4, 0.5) is 0 Å². The van der Waals surface area contributed by atoms with Crippen LogP contribution < -0.4 is 5.32 Å². The van der Waals surface area contributed by atoms with Crippen molar-refractivity contribution in [2.45, 2.75) is 19.4 Å². The van der Waals surface area contributed by atoms with Gasteiger partial charge < -0.3 is 10.4 Å². The number of hydrogen-bond donors (Lipinski definition) is 2. The number of aryl methyl sites for hydroxylation is 1.